The van der Waals surface area contributed by atoms with Gasteiger partial charge >= 0.3 is 0 Å². The summed E-state index contributed by atoms with van der Waals surface area (Å²) in [5.41, 5.74) is 3.98. The highest BCUT2D eigenvalue weighted by atomic mass is 16.3. The van der Waals surface area contributed by atoms with Crippen LogP contribution in [0, 0.1) is 0 Å². The highest BCUT2D eigenvalue weighted by Crippen LogP contribution is 2.16. The Morgan fingerprint density at radius 2 is 1.58 bits per heavy atom. The summed E-state index contributed by atoms with van der Waals surface area (Å²) in [4.78, 5) is 12.3. The summed E-state index contributed by atoms with van der Waals surface area (Å²) < 4.78 is 0. The highest BCUT2D eigenvalue weighted by molar-refractivity contribution is 5.78. The van der Waals surface area contributed by atoms with Crippen LogP contribution in [-0.2, 0) is 24.2 Å². The van der Waals surface area contributed by atoms with Gasteiger partial charge in [-0.1, -0.05) is 66.7 Å². The van der Waals surface area contributed by atoms with Gasteiger partial charge in [0.15, 0.2) is 0 Å². The molecule has 2 atom stereocenters. The average molecular weight is 419 g/mol. The molecule has 3 aromatic rings. The SMILES string of the molecule is CC(Cc1cccc(CC(=O)NCc2ccccc2)c1)NCC(O)c1ccc(O)cc1. The van der Waals surface area contributed by atoms with Gasteiger partial charge in [0, 0.05) is 19.1 Å². The summed E-state index contributed by atoms with van der Waals surface area (Å²) in [5.74, 6) is 0.190. The normalized spacial score (nSPS) is 12.8. The van der Waals surface area contributed by atoms with Crippen molar-refractivity contribution in [2.24, 2.45) is 0 Å². The third-order valence-corrected chi connectivity index (χ3v) is 5.17. The van der Waals surface area contributed by atoms with E-state index in [2.05, 4.69) is 29.7 Å². The Hall–Kier alpha value is -3.15. The van der Waals surface area contributed by atoms with E-state index in [0.717, 1.165) is 28.7 Å². The van der Waals surface area contributed by atoms with E-state index in [-0.39, 0.29) is 17.7 Å². The second kappa shape index (κ2) is 11.3. The molecule has 3 aromatic carbocycles. The molecule has 0 aliphatic carbocycles. The van der Waals surface area contributed by atoms with E-state index in [1.165, 1.54) is 0 Å². The summed E-state index contributed by atoms with van der Waals surface area (Å²) in [6.07, 6.45) is 0.506. The quantitative estimate of drug-likeness (QED) is 0.406. The Balaban J connectivity index is 1.45. The minimum atomic E-state index is -0.636. The van der Waals surface area contributed by atoms with Crippen molar-refractivity contribution in [2.45, 2.75) is 38.5 Å². The number of hydrogen-bond donors (Lipinski definition) is 4. The number of phenolic OH excluding ortho intramolecular Hbond substituents is 1. The Morgan fingerprint density at radius 1 is 0.903 bits per heavy atom. The fourth-order valence-electron chi connectivity index (χ4n) is 3.46. The second-order valence-electron chi connectivity index (χ2n) is 7.88. The van der Waals surface area contributed by atoms with Gasteiger partial charge in [-0.05, 0) is 47.7 Å². The summed E-state index contributed by atoms with van der Waals surface area (Å²) in [7, 11) is 0. The summed E-state index contributed by atoms with van der Waals surface area (Å²) in [5, 5.41) is 26.0. The molecule has 5 nitrogen and oxygen atoms in total. The molecule has 0 aliphatic heterocycles. The van der Waals surface area contributed by atoms with Crippen LogP contribution in [0.3, 0.4) is 0 Å². The summed E-state index contributed by atoms with van der Waals surface area (Å²) in [6.45, 7) is 3.03. The van der Waals surface area contributed by atoms with Gasteiger partial charge in [-0.3, -0.25) is 4.79 Å². The van der Waals surface area contributed by atoms with E-state index in [1.54, 1.807) is 24.3 Å². The molecule has 2 unspecified atom stereocenters. The maximum atomic E-state index is 12.3. The first-order valence-corrected chi connectivity index (χ1v) is 10.6. The van der Waals surface area contributed by atoms with Gasteiger partial charge in [0.25, 0.3) is 0 Å². The van der Waals surface area contributed by atoms with Crippen molar-refractivity contribution in [3.63, 3.8) is 0 Å². The Labute approximate surface area is 183 Å². The smallest absolute Gasteiger partial charge is 0.224 e. The minimum absolute atomic E-state index is 0.00389. The van der Waals surface area contributed by atoms with Crippen LogP contribution in [0.1, 0.15) is 35.3 Å². The number of carbonyl (C=O) groups excluding carboxylic acids is 1. The molecule has 3 rings (SSSR count). The fraction of sp³-hybridized carbons (Fsp3) is 0.269. The van der Waals surface area contributed by atoms with E-state index in [1.807, 2.05) is 42.5 Å². The van der Waals surface area contributed by atoms with Gasteiger partial charge in [0.1, 0.15) is 5.75 Å². The number of aromatic hydroxyl groups is 1. The number of amides is 1. The van der Waals surface area contributed by atoms with Crippen LogP contribution in [0.4, 0.5) is 0 Å². The zero-order chi connectivity index (χ0) is 22.1. The number of benzene rings is 3. The molecule has 5 heteroatoms. The molecule has 0 radical (unpaired) electrons. The minimum Gasteiger partial charge on any atom is -0.508 e. The Kier molecular flexibility index (Phi) is 8.21. The number of phenols is 1. The maximum Gasteiger partial charge on any atom is 0.224 e. The first kappa shape index (κ1) is 22.5. The van der Waals surface area contributed by atoms with Gasteiger partial charge in [-0.15, -0.1) is 0 Å². The molecule has 0 heterocycles. The Bertz CT molecular complexity index is 958. The molecule has 0 fully saturated rings. The van der Waals surface area contributed by atoms with Gasteiger partial charge in [-0.2, -0.15) is 0 Å². The van der Waals surface area contributed by atoms with Crippen LogP contribution in [0.5, 0.6) is 5.75 Å². The molecule has 0 aliphatic rings. The van der Waals surface area contributed by atoms with Crippen molar-refractivity contribution in [3.8, 4) is 5.75 Å². The molecule has 4 N–H and O–H groups in total. The van der Waals surface area contributed by atoms with Crippen LogP contribution in [-0.4, -0.2) is 28.7 Å². The number of rotatable bonds is 10. The van der Waals surface area contributed by atoms with E-state index in [0.29, 0.717) is 19.5 Å². The van der Waals surface area contributed by atoms with Crippen molar-refractivity contribution >= 4 is 5.91 Å². The van der Waals surface area contributed by atoms with Gasteiger partial charge in [0.05, 0.1) is 12.5 Å². The van der Waals surface area contributed by atoms with Crippen LogP contribution in [0.15, 0.2) is 78.9 Å². The van der Waals surface area contributed by atoms with Crippen molar-refractivity contribution in [2.75, 3.05) is 6.54 Å². The molecule has 0 spiro atoms. The molecule has 1 amide bonds. The van der Waals surface area contributed by atoms with Gasteiger partial charge in [0.2, 0.25) is 5.91 Å². The summed E-state index contributed by atoms with van der Waals surface area (Å²) >= 11 is 0. The first-order valence-electron chi connectivity index (χ1n) is 10.6. The molecule has 162 valence electrons. The third-order valence-electron chi connectivity index (χ3n) is 5.17. The third kappa shape index (κ3) is 7.55. The predicted molar refractivity (Wildman–Crippen MR) is 123 cm³/mol. The van der Waals surface area contributed by atoms with E-state index in [4.69, 9.17) is 0 Å². The number of aliphatic hydroxyl groups is 1. The maximum absolute atomic E-state index is 12.3. The topological polar surface area (TPSA) is 81.6 Å². The lowest BCUT2D eigenvalue weighted by molar-refractivity contribution is -0.120. The molecule has 0 aromatic heterocycles. The Morgan fingerprint density at radius 3 is 2.32 bits per heavy atom. The number of nitrogens with one attached hydrogen (secondary N) is 2. The van der Waals surface area contributed by atoms with Crippen molar-refractivity contribution in [1.29, 1.82) is 0 Å². The van der Waals surface area contributed by atoms with E-state index in [9.17, 15) is 15.0 Å². The van der Waals surface area contributed by atoms with Crippen molar-refractivity contribution in [1.82, 2.24) is 10.6 Å². The summed E-state index contributed by atoms with van der Waals surface area (Å²) in [6, 6.07) is 24.7. The molecular weight excluding hydrogens is 388 g/mol. The van der Waals surface area contributed by atoms with E-state index >= 15 is 0 Å². The lowest BCUT2D eigenvalue weighted by Crippen LogP contribution is -2.32. The van der Waals surface area contributed by atoms with Crippen LogP contribution < -0.4 is 10.6 Å². The second-order valence-corrected chi connectivity index (χ2v) is 7.88. The number of aliphatic hydroxyl groups excluding tert-OH is 1. The monoisotopic (exact) mass is 418 g/mol. The number of carbonyl (C=O) groups is 1. The van der Waals surface area contributed by atoms with Crippen molar-refractivity contribution < 1.29 is 15.0 Å². The van der Waals surface area contributed by atoms with Gasteiger partial charge < -0.3 is 20.8 Å². The lowest BCUT2D eigenvalue weighted by Gasteiger charge is -2.18. The van der Waals surface area contributed by atoms with E-state index < -0.39 is 6.10 Å². The highest BCUT2D eigenvalue weighted by Gasteiger charge is 2.11. The van der Waals surface area contributed by atoms with Crippen LogP contribution >= 0.6 is 0 Å². The molecule has 0 saturated heterocycles. The van der Waals surface area contributed by atoms with Crippen molar-refractivity contribution in [3.05, 3.63) is 101 Å². The first-order chi connectivity index (χ1) is 15.0. The van der Waals surface area contributed by atoms with Crippen LogP contribution in [0.2, 0.25) is 0 Å². The van der Waals surface area contributed by atoms with Crippen LogP contribution in [0.25, 0.3) is 0 Å². The zero-order valence-corrected chi connectivity index (χ0v) is 17.8. The average Bonchev–Trinajstić information content (AvgIpc) is 2.77. The molecule has 31 heavy (non-hydrogen) atoms. The molecule has 0 saturated carbocycles. The largest absolute Gasteiger partial charge is 0.508 e. The molecular formula is C26H30N2O3. The lowest BCUT2D eigenvalue weighted by atomic mass is 10.0. The standard InChI is InChI=1S/C26H30N2O3/c1-19(27-18-25(30)23-10-12-24(29)13-11-23)14-21-8-5-9-22(15-21)16-26(31)28-17-20-6-3-2-4-7-20/h2-13,15,19,25,27,29-30H,14,16-18H2,1H3,(H,28,31). The zero-order valence-electron chi connectivity index (χ0n) is 17.8. The number of hydrogen-bond acceptors (Lipinski definition) is 4. The fourth-order valence-corrected chi connectivity index (χ4v) is 3.46. The predicted octanol–water partition coefficient (Wildman–Crippen LogP) is 3.51. The van der Waals surface area contributed by atoms with Gasteiger partial charge in [-0.25, -0.2) is 0 Å². The molecule has 0 bridgehead atoms.